The highest BCUT2D eigenvalue weighted by Crippen LogP contribution is 2.26. The fraction of sp³-hybridized carbons (Fsp3) is 0.700. The summed E-state index contributed by atoms with van der Waals surface area (Å²) in [4.78, 5) is 0. The van der Waals surface area contributed by atoms with Crippen molar-refractivity contribution in [1.82, 2.24) is 0 Å². The fourth-order valence-corrected chi connectivity index (χ4v) is 6.76. The van der Waals surface area contributed by atoms with E-state index in [1.165, 1.54) is 123 Å². The van der Waals surface area contributed by atoms with Gasteiger partial charge in [0.05, 0.1) is 0 Å². The summed E-state index contributed by atoms with van der Waals surface area (Å²) in [6.07, 6.45) is 19.3. The fourth-order valence-electron chi connectivity index (χ4n) is 6.76. The van der Waals surface area contributed by atoms with Gasteiger partial charge in [0.15, 0.2) is 0 Å². The second kappa shape index (κ2) is 18.1. The average Bonchev–Trinajstić information content (AvgIpc) is 2.91. The van der Waals surface area contributed by atoms with Crippen molar-refractivity contribution in [3.8, 4) is 0 Å². The Kier molecular flexibility index (Phi) is 15.7. The van der Waals surface area contributed by atoms with E-state index in [4.69, 9.17) is 0 Å². The topological polar surface area (TPSA) is 0 Å². The molecule has 0 nitrogen and oxygen atoms in total. The summed E-state index contributed by atoms with van der Waals surface area (Å²) < 4.78 is 0. The maximum absolute atomic E-state index is 2.49. The highest BCUT2D eigenvalue weighted by molar-refractivity contribution is 5.40. The van der Waals surface area contributed by atoms with Gasteiger partial charge in [-0.05, 0) is 135 Å². The zero-order valence-electron chi connectivity index (χ0n) is 28.5. The summed E-state index contributed by atoms with van der Waals surface area (Å²) in [6.45, 7) is 23.6. The van der Waals surface area contributed by atoms with Gasteiger partial charge in [-0.15, -0.1) is 0 Å². The van der Waals surface area contributed by atoms with Crippen molar-refractivity contribution in [2.45, 2.75) is 159 Å². The Hall–Kier alpha value is -1.56. The lowest BCUT2D eigenvalue weighted by molar-refractivity contribution is 0.377. The quantitative estimate of drug-likeness (QED) is 0.154. The van der Waals surface area contributed by atoms with Crippen molar-refractivity contribution in [3.05, 3.63) is 68.8 Å². The molecular formula is C40H66. The molecule has 0 heteroatoms. The van der Waals surface area contributed by atoms with Crippen molar-refractivity contribution >= 4 is 0 Å². The summed E-state index contributed by atoms with van der Waals surface area (Å²) in [5.41, 5.74) is 12.1. The summed E-state index contributed by atoms with van der Waals surface area (Å²) >= 11 is 0. The van der Waals surface area contributed by atoms with Crippen molar-refractivity contribution in [1.29, 1.82) is 0 Å². The maximum Gasteiger partial charge on any atom is -0.0271 e. The second-order valence-corrected chi connectivity index (χ2v) is 14.3. The molecule has 4 atom stereocenters. The molecule has 226 valence electrons. The van der Waals surface area contributed by atoms with Crippen LogP contribution >= 0.6 is 0 Å². The molecule has 0 radical (unpaired) electrons. The first kappa shape index (κ1) is 34.6. The Bertz CT molecular complexity index is 914. The normalized spacial score (nSPS) is 14.8. The molecule has 2 aromatic carbocycles. The third-order valence-corrected chi connectivity index (χ3v) is 10.4. The molecule has 0 aliphatic carbocycles. The number of hydrogen-bond acceptors (Lipinski definition) is 0. The molecule has 0 heterocycles. The van der Waals surface area contributed by atoms with Crippen LogP contribution in [-0.4, -0.2) is 0 Å². The van der Waals surface area contributed by atoms with Gasteiger partial charge in [0, 0.05) is 0 Å². The van der Waals surface area contributed by atoms with Gasteiger partial charge in [-0.1, -0.05) is 116 Å². The molecule has 2 rings (SSSR count). The average molecular weight is 547 g/mol. The lowest BCUT2D eigenvalue weighted by Gasteiger charge is -2.18. The number of aryl methyl sites for hydroxylation is 4. The molecule has 0 fully saturated rings. The molecule has 0 bridgehead atoms. The van der Waals surface area contributed by atoms with Crippen molar-refractivity contribution in [2.24, 2.45) is 23.7 Å². The van der Waals surface area contributed by atoms with E-state index in [9.17, 15) is 0 Å². The molecular weight excluding hydrogens is 480 g/mol. The summed E-state index contributed by atoms with van der Waals surface area (Å²) in [5, 5.41) is 0. The van der Waals surface area contributed by atoms with Crippen LogP contribution in [0, 0.1) is 65.2 Å². The Balaban J connectivity index is 1.50. The monoisotopic (exact) mass is 547 g/mol. The van der Waals surface area contributed by atoms with Gasteiger partial charge in [0.1, 0.15) is 0 Å². The minimum atomic E-state index is 0.839. The van der Waals surface area contributed by atoms with Gasteiger partial charge in [-0.2, -0.15) is 0 Å². The number of benzene rings is 2. The largest absolute Gasteiger partial charge is 0.0625 e. The first-order valence-electron chi connectivity index (χ1n) is 17.1. The summed E-state index contributed by atoms with van der Waals surface area (Å²) in [7, 11) is 0. The summed E-state index contributed by atoms with van der Waals surface area (Å²) in [6, 6.07) is 9.16. The molecule has 4 unspecified atom stereocenters. The lowest BCUT2D eigenvalue weighted by Crippen LogP contribution is -2.04. The molecule has 40 heavy (non-hydrogen) atoms. The van der Waals surface area contributed by atoms with E-state index in [0.717, 1.165) is 23.7 Å². The predicted molar refractivity (Wildman–Crippen MR) is 181 cm³/mol. The highest BCUT2D eigenvalue weighted by Gasteiger charge is 2.12. The maximum atomic E-state index is 2.49. The Labute approximate surface area is 251 Å². The van der Waals surface area contributed by atoms with Crippen molar-refractivity contribution < 1.29 is 0 Å². The molecule has 0 spiro atoms. The minimum Gasteiger partial charge on any atom is -0.0625 e. The number of unbranched alkanes of at least 4 members (excludes halogenated alkanes) is 1. The van der Waals surface area contributed by atoms with E-state index < -0.39 is 0 Å². The van der Waals surface area contributed by atoms with Crippen LogP contribution in [0.1, 0.15) is 149 Å². The van der Waals surface area contributed by atoms with Crippen LogP contribution in [0.2, 0.25) is 0 Å². The molecule has 0 saturated carbocycles. The van der Waals surface area contributed by atoms with Gasteiger partial charge in [0.2, 0.25) is 0 Å². The Morgan fingerprint density at radius 1 is 0.375 bits per heavy atom. The Morgan fingerprint density at radius 3 is 1.00 bits per heavy atom. The predicted octanol–water partition coefficient (Wildman–Crippen LogP) is 12.5. The van der Waals surface area contributed by atoms with E-state index in [1.54, 1.807) is 11.1 Å². The summed E-state index contributed by atoms with van der Waals surface area (Å²) in [5.74, 6) is 3.47. The van der Waals surface area contributed by atoms with E-state index in [0.29, 0.717) is 0 Å². The van der Waals surface area contributed by atoms with Crippen LogP contribution in [0.25, 0.3) is 0 Å². The van der Waals surface area contributed by atoms with E-state index in [-0.39, 0.29) is 0 Å². The number of hydrogen-bond donors (Lipinski definition) is 0. The van der Waals surface area contributed by atoms with Crippen LogP contribution in [0.4, 0.5) is 0 Å². The first-order valence-corrected chi connectivity index (χ1v) is 17.1. The molecule has 2 aromatic rings. The van der Waals surface area contributed by atoms with Gasteiger partial charge < -0.3 is 0 Å². The zero-order chi connectivity index (χ0) is 29.7. The molecule has 0 aliphatic rings. The molecule has 0 amide bonds. The molecule has 0 aromatic heterocycles. The van der Waals surface area contributed by atoms with E-state index in [2.05, 4.69) is 93.5 Å². The van der Waals surface area contributed by atoms with Gasteiger partial charge in [-0.25, -0.2) is 0 Å². The van der Waals surface area contributed by atoms with Crippen molar-refractivity contribution in [3.63, 3.8) is 0 Å². The third kappa shape index (κ3) is 12.1. The Morgan fingerprint density at radius 2 is 0.650 bits per heavy atom. The van der Waals surface area contributed by atoms with Crippen molar-refractivity contribution in [2.75, 3.05) is 0 Å². The van der Waals surface area contributed by atoms with Crippen LogP contribution < -0.4 is 0 Å². The smallest absolute Gasteiger partial charge is 0.0271 e. The van der Waals surface area contributed by atoms with Crippen LogP contribution in [0.15, 0.2) is 24.3 Å². The first-order chi connectivity index (χ1) is 19.0. The van der Waals surface area contributed by atoms with Gasteiger partial charge in [-0.3, -0.25) is 0 Å². The van der Waals surface area contributed by atoms with E-state index in [1.807, 2.05) is 0 Å². The molecule has 0 N–H and O–H groups in total. The lowest BCUT2D eigenvalue weighted by atomic mass is 9.88. The number of rotatable bonds is 19. The molecule has 0 saturated heterocycles. The van der Waals surface area contributed by atoms with Gasteiger partial charge in [0.25, 0.3) is 0 Å². The van der Waals surface area contributed by atoms with Crippen LogP contribution in [0.3, 0.4) is 0 Å². The SMILES string of the molecule is Cc1ccc(C)c(CCC(C)CCCC(C)CCCCC(C)CCCC(C)CCc2c(C)ccc(C)c2C)c1C. The van der Waals surface area contributed by atoms with E-state index >= 15 is 0 Å². The third-order valence-electron chi connectivity index (χ3n) is 10.4. The molecule has 0 aliphatic heterocycles. The second-order valence-electron chi connectivity index (χ2n) is 14.3. The van der Waals surface area contributed by atoms with Crippen LogP contribution in [0.5, 0.6) is 0 Å². The van der Waals surface area contributed by atoms with Gasteiger partial charge >= 0.3 is 0 Å². The highest BCUT2D eigenvalue weighted by atomic mass is 14.2. The zero-order valence-corrected chi connectivity index (χ0v) is 28.5. The van der Waals surface area contributed by atoms with Crippen LogP contribution in [-0.2, 0) is 12.8 Å². The minimum absolute atomic E-state index is 0.839. The standard InChI is InChI=1S/C40H66/c1-29(17-13-19-31(3)21-27-39-35(7)25-23-33(5)37(39)9)15-11-12-16-30(2)18-14-20-32(4)22-28-40-36(8)26-24-34(6)38(40)10/h23-26,29-32H,11-22,27-28H2,1-10H3.